The van der Waals surface area contributed by atoms with Crippen molar-refractivity contribution in [1.29, 1.82) is 0 Å². The molecule has 0 aliphatic heterocycles. The molecule has 0 aliphatic rings. The number of phenolic OH excluding ortho intramolecular Hbond substituents is 1. The summed E-state index contributed by atoms with van der Waals surface area (Å²) >= 11 is 0. The van der Waals surface area contributed by atoms with Gasteiger partial charge >= 0.3 is 5.69 Å². The molecule has 2 aromatic heterocycles. The van der Waals surface area contributed by atoms with Crippen LogP contribution in [0, 0.1) is 0 Å². The number of benzene rings is 1. The predicted octanol–water partition coefficient (Wildman–Crippen LogP) is 0.780. The smallest absolute Gasteiger partial charge is 0.333 e. The lowest BCUT2D eigenvalue weighted by atomic mass is 10.2. The van der Waals surface area contributed by atoms with Crippen LogP contribution in [0.4, 0.5) is 0 Å². The van der Waals surface area contributed by atoms with Crippen molar-refractivity contribution in [3.8, 4) is 11.4 Å². The highest BCUT2D eigenvalue weighted by molar-refractivity contribution is 5.79. The summed E-state index contributed by atoms with van der Waals surface area (Å²) < 4.78 is 1.00. The number of nitrogens with zero attached hydrogens (tertiary/aromatic N) is 2. The molecular weight excluding hydrogens is 246 g/mol. The van der Waals surface area contributed by atoms with Crippen LogP contribution in [-0.2, 0) is 0 Å². The molecule has 19 heavy (non-hydrogen) atoms. The number of pyridine rings is 1. The Morgan fingerprint density at radius 2 is 1.84 bits per heavy atom. The van der Waals surface area contributed by atoms with Crippen LogP contribution in [0.2, 0.25) is 0 Å². The summed E-state index contributed by atoms with van der Waals surface area (Å²) in [6.07, 6.45) is 2.99. The number of aromatic amines is 1. The molecule has 0 fully saturated rings. The molecule has 0 amide bonds. The standard InChI is InChI=1S/C13H9N3O3/c17-9-1-2-11-10(7-9)12(18)16(13(19)15-11)8-3-5-14-6-4-8/h1-7,17H,(H,15,19). The molecule has 2 heterocycles. The number of aromatic nitrogens is 3. The van der Waals surface area contributed by atoms with E-state index in [1.807, 2.05) is 0 Å². The monoisotopic (exact) mass is 255 g/mol. The first-order chi connectivity index (χ1) is 9.16. The van der Waals surface area contributed by atoms with Gasteiger partial charge in [0.2, 0.25) is 0 Å². The number of aromatic hydroxyl groups is 1. The highest BCUT2D eigenvalue weighted by Crippen LogP contribution is 2.14. The number of fused-ring (bicyclic) bond motifs is 1. The molecular formula is C13H9N3O3. The summed E-state index contributed by atoms with van der Waals surface area (Å²) in [6.45, 7) is 0. The van der Waals surface area contributed by atoms with Crippen molar-refractivity contribution in [2.45, 2.75) is 0 Å². The molecule has 6 nitrogen and oxygen atoms in total. The van der Waals surface area contributed by atoms with Crippen molar-refractivity contribution in [1.82, 2.24) is 14.5 Å². The molecule has 0 aliphatic carbocycles. The van der Waals surface area contributed by atoms with Gasteiger partial charge in [-0.25, -0.2) is 9.36 Å². The van der Waals surface area contributed by atoms with Crippen LogP contribution in [0.3, 0.4) is 0 Å². The first-order valence-corrected chi connectivity index (χ1v) is 5.55. The Morgan fingerprint density at radius 3 is 2.58 bits per heavy atom. The van der Waals surface area contributed by atoms with E-state index in [1.165, 1.54) is 30.6 Å². The molecule has 3 rings (SSSR count). The fourth-order valence-electron chi connectivity index (χ4n) is 1.93. The van der Waals surface area contributed by atoms with Gasteiger partial charge in [0.15, 0.2) is 0 Å². The lowest BCUT2D eigenvalue weighted by Crippen LogP contribution is -2.33. The third-order valence-electron chi connectivity index (χ3n) is 2.80. The zero-order valence-electron chi connectivity index (χ0n) is 9.70. The van der Waals surface area contributed by atoms with Gasteiger partial charge in [-0.3, -0.25) is 9.78 Å². The van der Waals surface area contributed by atoms with Crippen LogP contribution in [0.1, 0.15) is 0 Å². The maximum Gasteiger partial charge on any atom is 0.333 e. The molecule has 2 N–H and O–H groups in total. The summed E-state index contributed by atoms with van der Waals surface area (Å²) in [5, 5.41) is 9.68. The van der Waals surface area contributed by atoms with Crippen LogP contribution in [-0.4, -0.2) is 19.6 Å². The molecule has 94 valence electrons. The van der Waals surface area contributed by atoms with Gasteiger partial charge in [-0.15, -0.1) is 0 Å². The summed E-state index contributed by atoms with van der Waals surface area (Å²) in [5.41, 5.74) is -0.208. The van der Waals surface area contributed by atoms with E-state index in [0.29, 0.717) is 11.2 Å². The second kappa shape index (κ2) is 4.09. The number of hydrogen-bond donors (Lipinski definition) is 2. The van der Waals surface area contributed by atoms with Crippen molar-refractivity contribution in [2.24, 2.45) is 0 Å². The third-order valence-corrected chi connectivity index (χ3v) is 2.80. The van der Waals surface area contributed by atoms with Crippen LogP contribution in [0.15, 0.2) is 52.3 Å². The lowest BCUT2D eigenvalue weighted by molar-refractivity contribution is 0.476. The Kier molecular flexibility index (Phi) is 2.42. The van der Waals surface area contributed by atoms with E-state index in [-0.39, 0.29) is 11.1 Å². The third kappa shape index (κ3) is 1.79. The van der Waals surface area contributed by atoms with E-state index in [2.05, 4.69) is 9.97 Å². The fraction of sp³-hybridized carbons (Fsp3) is 0. The van der Waals surface area contributed by atoms with Gasteiger partial charge in [0, 0.05) is 12.4 Å². The minimum atomic E-state index is -0.533. The predicted molar refractivity (Wildman–Crippen MR) is 69.6 cm³/mol. The largest absolute Gasteiger partial charge is 0.508 e. The molecule has 0 unspecified atom stereocenters. The topological polar surface area (TPSA) is 88.0 Å². The first kappa shape index (κ1) is 11.2. The SMILES string of the molecule is O=c1[nH]c2ccc(O)cc2c(=O)n1-c1ccncc1. The van der Waals surface area contributed by atoms with Gasteiger partial charge in [-0.05, 0) is 30.3 Å². The maximum atomic E-state index is 12.3. The highest BCUT2D eigenvalue weighted by Gasteiger charge is 2.09. The number of H-pyrrole nitrogens is 1. The van der Waals surface area contributed by atoms with Crippen molar-refractivity contribution in [3.05, 3.63) is 63.6 Å². The minimum Gasteiger partial charge on any atom is -0.508 e. The summed E-state index contributed by atoms with van der Waals surface area (Å²) in [6, 6.07) is 7.35. The van der Waals surface area contributed by atoms with E-state index in [0.717, 1.165) is 4.57 Å². The zero-order chi connectivity index (χ0) is 13.4. The van der Waals surface area contributed by atoms with E-state index in [1.54, 1.807) is 12.1 Å². The number of phenols is 1. The molecule has 0 bridgehead atoms. The lowest BCUT2D eigenvalue weighted by Gasteiger charge is -2.06. The van der Waals surface area contributed by atoms with Crippen LogP contribution in [0.5, 0.6) is 5.75 Å². The normalized spacial score (nSPS) is 10.7. The van der Waals surface area contributed by atoms with Gasteiger partial charge in [0.05, 0.1) is 16.6 Å². The van der Waals surface area contributed by atoms with Crippen LogP contribution in [0.25, 0.3) is 16.6 Å². The van der Waals surface area contributed by atoms with Gasteiger partial charge < -0.3 is 10.1 Å². The summed E-state index contributed by atoms with van der Waals surface area (Å²) in [4.78, 5) is 30.7. The molecule has 0 saturated heterocycles. The average molecular weight is 255 g/mol. The molecule has 3 aromatic rings. The fourth-order valence-corrected chi connectivity index (χ4v) is 1.93. The highest BCUT2D eigenvalue weighted by atomic mass is 16.3. The summed E-state index contributed by atoms with van der Waals surface area (Å²) in [7, 11) is 0. The Hall–Kier alpha value is -2.89. The Labute approximate surface area is 106 Å². The van der Waals surface area contributed by atoms with Gasteiger partial charge in [-0.1, -0.05) is 0 Å². The summed E-state index contributed by atoms with van der Waals surface area (Å²) in [5.74, 6) is -0.0297. The molecule has 6 heteroatoms. The van der Waals surface area contributed by atoms with E-state index in [9.17, 15) is 14.7 Å². The Bertz CT molecular complexity index is 866. The molecule has 0 radical (unpaired) electrons. The van der Waals surface area contributed by atoms with Crippen LogP contribution < -0.4 is 11.2 Å². The van der Waals surface area contributed by atoms with Crippen molar-refractivity contribution < 1.29 is 5.11 Å². The second-order valence-corrected chi connectivity index (χ2v) is 4.01. The molecule has 0 atom stereocenters. The Balaban J connectivity index is 2.44. The molecule has 0 spiro atoms. The molecule has 1 aromatic carbocycles. The van der Waals surface area contributed by atoms with Gasteiger partial charge in [0.1, 0.15) is 5.75 Å². The van der Waals surface area contributed by atoms with Crippen molar-refractivity contribution in [3.63, 3.8) is 0 Å². The first-order valence-electron chi connectivity index (χ1n) is 5.55. The van der Waals surface area contributed by atoms with E-state index in [4.69, 9.17) is 0 Å². The average Bonchev–Trinajstić information content (AvgIpc) is 2.41. The van der Waals surface area contributed by atoms with Crippen molar-refractivity contribution in [2.75, 3.05) is 0 Å². The van der Waals surface area contributed by atoms with Gasteiger partial charge in [0.25, 0.3) is 5.56 Å². The van der Waals surface area contributed by atoms with Gasteiger partial charge in [-0.2, -0.15) is 0 Å². The number of nitrogens with one attached hydrogen (secondary N) is 1. The quantitative estimate of drug-likeness (QED) is 0.672. The maximum absolute atomic E-state index is 12.3. The number of hydrogen-bond acceptors (Lipinski definition) is 4. The van der Waals surface area contributed by atoms with Crippen LogP contribution >= 0.6 is 0 Å². The van der Waals surface area contributed by atoms with E-state index < -0.39 is 11.2 Å². The Morgan fingerprint density at radius 1 is 1.11 bits per heavy atom. The van der Waals surface area contributed by atoms with Crippen molar-refractivity contribution >= 4 is 10.9 Å². The minimum absolute atomic E-state index is 0.0297. The van der Waals surface area contributed by atoms with E-state index >= 15 is 0 Å². The molecule has 0 saturated carbocycles. The zero-order valence-corrected chi connectivity index (χ0v) is 9.70. The number of rotatable bonds is 1. The second-order valence-electron chi connectivity index (χ2n) is 4.01.